The Balaban J connectivity index is 1.72. The fourth-order valence-electron chi connectivity index (χ4n) is 5.20. The molecule has 1 saturated heterocycles. The van der Waals surface area contributed by atoms with Gasteiger partial charge in [-0.1, -0.05) is 0 Å². The Labute approximate surface area is 96.1 Å². The van der Waals surface area contributed by atoms with Gasteiger partial charge in [0.25, 0.3) is 0 Å². The zero-order chi connectivity index (χ0) is 10.8. The maximum atomic E-state index is 9.68. The molecule has 3 heteroatoms. The Kier molecular flexibility index (Phi) is 1.85. The van der Waals surface area contributed by atoms with E-state index in [2.05, 4.69) is 0 Å². The van der Waals surface area contributed by atoms with Gasteiger partial charge in [0.15, 0.2) is 5.79 Å². The molecule has 5 fully saturated rings. The SMILES string of the molecule is OCC12CC3C[C@@H](C1)C1(OCCO1)[C@@H](C3)C2. The van der Waals surface area contributed by atoms with E-state index in [0.717, 1.165) is 32.0 Å². The van der Waals surface area contributed by atoms with E-state index in [4.69, 9.17) is 9.47 Å². The van der Waals surface area contributed by atoms with Gasteiger partial charge in [0.05, 0.1) is 13.2 Å². The third-order valence-electron chi connectivity index (χ3n) is 5.53. The molecule has 90 valence electrons. The van der Waals surface area contributed by atoms with Crippen molar-refractivity contribution in [3.63, 3.8) is 0 Å². The summed E-state index contributed by atoms with van der Waals surface area (Å²) in [5, 5.41) is 9.68. The molecule has 2 atom stereocenters. The lowest BCUT2D eigenvalue weighted by Gasteiger charge is -2.62. The van der Waals surface area contributed by atoms with E-state index >= 15 is 0 Å². The van der Waals surface area contributed by atoms with Crippen LogP contribution in [0.5, 0.6) is 0 Å². The number of rotatable bonds is 1. The lowest BCUT2D eigenvalue weighted by molar-refractivity contribution is -0.305. The van der Waals surface area contributed by atoms with Gasteiger partial charge in [-0.05, 0) is 43.4 Å². The number of aliphatic hydroxyl groups is 1. The van der Waals surface area contributed by atoms with Gasteiger partial charge in [-0.3, -0.25) is 0 Å². The summed E-state index contributed by atoms with van der Waals surface area (Å²) in [4.78, 5) is 0. The summed E-state index contributed by atoms with van der Waals surface area (Å²) in [5.41, 5.74) is 0.219. The molecule has 4 aliphatic carbocycles. The van der Waals surface area contributed by atoms with Gasteiger partial charge < -0.3 is 14.6 Å². The zero-order valence-corrected chi connectivity index (χ0v) is 9.65. The van der Waals surface area contributed by atoms with Crippen LogP contribution in [0.2, 0.25) is 0 Å². The van der Waals surface area contributed by atoms with Crippen LogP contribution < -0.4 is 0 Å². The van der Waals surface area contributed by atoms with Crippen LogP contribution >= 0.6 is 0 Å². The highest BCUT2D eigenvalue weighted by atomic mass is 16.7. The number of aliphatic hydroxyl groups excluding tert-OH is 1. The van der Waals surface area contributed by atoms with Crippen molar-refractivity contribution in [1.82, 2.24) is 0 Å². The highest BCUT2D eigenvalue weighted by molar-refractivity contribution is 5.09. The fraction of sp³-hybridized carbons (Fsp3) is 1.00. The second-order valence-corrected chi connectivity index (χ2v) is 6.42. The lowest BCUT2D eigenvalue weighted by atomic mass is 9.47. The maximum Gasteiger partial charge on any atom is 0.174 e. The summed E-state index contributed by atoms with van der Waals surface area (Å²) in [7, 11) is 0. The summed E-state index contributed by atoms with van der Waals surface area (Å²) in [6, 6.07) is 0. The monoisotopic (exact) mass is 224 g/mol. The summed E-state index contributed by atoms with van der Waals surface area (Å²) in [6.07, 6.45) is 6.01. The lowest BCUT2D eigenvalue weighted by Crippen LogP contribution is -2.62. The van der Waals surface area contributed by atoms with Crippen LogP contribution in [0.3, 0.4) is 0 Å². The third kappa shape index (κ3) is 1.05. The average Bonchev–Trinajstić information content (AvgIpc) is 2.75. The van der Waals surface area contributed by atoms with Crippen LogP contribution in [0.4, 0.5) is 0 Å². The van der Waals surface area contributed by atoms with Crippen molar-refractivity contribution in [3.8, 4) is 0 Å². The molecule has 0 amide bonds. The van der Waals surface area contributed by atoms with Crippen LogP contribution in [0.1, 0.15) is 32.1 Å². The molecule has 0 aromatic rings. The van der Waals surface area contributed by atoms with Crippen LogP contribution in [0, 0.1) is 23.2 Å². The van der Waals surface area contributed by atoms with E-state index in [1.54, 1.807) is 0 Å². The molecule has 0 unspecified atom stereocenters. The molecule has 4 bridgehead atoms. The van der Waals surface area contributed by atoms with Crippen LogP contribution in [0.25, 0.3) is 0 Å². The predicted molar refractivity (Wildman–Crippen MR) is 57.7 cm³/mol. The van der Waals surface area contributed by atoms with Gasteiger partial charge >= 0.3 is 0 Å². The number of ether oxygens (including phenoxy) is 2. The minimum Gasteiger partial charge on any atom is -0.396 e. The molecule has 3 nitrogen and oxygen atoms in total. The first-order valence-electron chi connectivity index (χ1n) is 6.65. The van der Waals surface area contributed by atoms with E-state index in [1.165, 1.54) is 19.3 Å². The first-order chi connectivity index (χ1) is 7.76. The van der Waals surface area contributed by atoms with E-state index in [9.17, 15) is 5.11 Å². The Bertz CT molecular complexity index is 290. The van der Waals surface area contributed by atoms with Crippen LogP contribution in [-0.4, -0.2) is 30.7 Å². The Hall–Kier alpha value is -0.120. The maximum absolute atomic E-state index is 9.68. The molecule has 5 rings (SSSR count). The van der Waals surface area contributed by atoms with Gasteiger partial charge in [-0.25, -0.2) is 0 Å². The topological polar surface area (TPSA) is 38.7 Å². The van der Waals surface area contributed by atoms with E-state index in [0.29, 0.717) is 18.4 Å². The standard InChI is InChI=1S/C13H20O3/c14-8-12-5-9-3-10(6-12)13(11(4-9)7-12)15-1-2-16-13/h9-11,14H,1-8H2/t9?,10-,11-,12?/m0/s1. The highest BCUT2D eigenvalue weighted by Gasteiger charge is 2.64. The molecule has 5 aliphatic rings. The molecule has 4 saturated carbocycles. The molecule has 0 aromatic carbocycles. The van der Waals surface area contributed by atoms with E-state index < -0.39 is 0 Å². The highest BCUT2D eigenvalue weighted by Crippen LogP contribution is 2.65. The first-order valence-corrected chi connectivity index (χ1v) is 6.65. The Morgan fingerprint density at radius 2 is 1.62 bits per heavy atom. The normalized spacial score (nSPS) is 52.7. The van der Waals surface area contributed by atoms with Crippen molar-refractivity contribution < 1.29 is 14.6 Å². The number of hydrogen-bond donors (Lipinski definition) is 1. The van der Waals surface area contributed by atoms with Crippen molar-refractivity contribution in [2.45, 2.75) is 37.9 Å². The molecule has 1 spiro atoms. The minimum absolute atomic E-state index is 0.219. The minimum atomic E-state index is -0.240. The van der Waals surface area contributed by atoms with E-state index in [-0.39, 0.29) is 11.2 Å². The smallest absolute Gasteiger partial charge is 0.174 e. The molecule has 1 aliphatic heterocycles. The average molecular weight is 224 g/mol. The third-order valence-corrected chi connectivity index (χ3v) is 5.53. The summed E-state index contributed by atoms with van der Waals surface area (Å²) < 4.78 is 12.0. The summed E-state index contributed by atoms with van der Waals surface area (Å²) in [5.74, 6) is 1.68. The van der Waals surface area contributed by atoms with Gasteiger partial charge in [0, 0.05) is 18.4 Å². The van der Waals surface area contributed by atoms with Crippen molar-refractivity contribution in [1.29, 1.82) is 0 Å². The summed E-state index contributed by atoms with van der Waals surface area (Å²) in [6.45, 7) is 1.90. The second kappa shape index (κ2) is 3.01. The predicted octanol–water partition coefficient (Wildman–Crippen LogP) is 1.55. The van der Waals surface area contributed by atoms with E-state index in [1.807, 2.05) is 0 Å². The molecule has 1 N–H and O–H groups in total. The van der Waals surface area contributed by atoms with Gasteiger partial charge in [0.2, 0.25) is 0 Å². The molecular formula is C13H20O3. The molecule has 0 aromatic heterocycles. The van der Waals surface area contributed by atoms with Crippen LogP contribution in [-0.2, 0) is 9.47 Å². The fourth-order valence-corrected chi connectivity index (χ4v) is 5.20. The van der Waals surface area contributed by atoms with Gasteiger partial charge in [0.1, 0.15) is 0 Å². The quantitative estimate of drug-likeness (QED) is 0.734. The summed E-state index contributed by atoms with van der Waals surface area (Å²) >= 11 is 0. The first kappa shape index (κ1) is 9.86. The van der Waals surface area contributed by atoms with Gasteiger partial charge in [-0.2, -0.15) is 0 Å². The second-order valence-electron chi connectivity index (χ2n) is 6.42. The van der Waals surface area contributed by atoms with Gasteiger partial charge in [-0.15, -0.1) is 0 Å². The molecule has 16 heavy (non-hydrogen) atoms. The molecule has 1 heterocycles. The van der Waals surface area contributed by atoms with Crippen molar-refractivity contribution in [2.24, 2.45) is 23.2 Å². The largest absolute Gasteiger partial charge is 0.396 e. The number of hydrogen-bond acceptors (Lipinski definition) is 3. The molecule has 0 radical (unpaired) electrons. The van der Waals surface area contributed by atoms with Crippen molar-refractivity contribution in [2.75, 3.05) is 19.8 Å². The zero-order valence-electron chi connectivity index (χ0n) is 9.65. The van der Waals surface area contributed by atoms with Crippen molar-refractivity contribution in [3.05, 3.63) is 0 Å². The molecular weight excluding hydrogens is 204 g/mol. The Morgan fingerprint density at radius 3 is 2.19 bits per heavy atom. The van der Waals surface area contributed by atoms with Crippen LogP contribution in [0.15, 0.2) is 0 Å². The van der Waals surface area contributed by atoms with Crippen molar-refractivity contribution >= 4 is 0 Å². The Morgan fingerprint density at radius 1 is 1.00 bits per heavy atom.